The maximum atomic E-state index is 11.2. The van der Waals surface area contributed by atoms with Crippen LogP contribution >= 0.6 is 0 Å². The fraction of sp³-hybridized carbons (Fsp3) is 0.909. The second kappa shape index (κ2) is 4.89. The molecule has 0 aromatic carbocycles. The Balaban J connectivity index is 2.06. The number of carbonyl (C=O) groups excluding carboxylic acids is 1. The minimum absolute atomic E-state index is 0.0974. The monoisotopic (exact) mass is 200 g/mol. The Kier molecular flexibility index (Phi) is 4.08. The van der Waals surface area contributed by atoms with Crippen LogP contribution in [0.5, 0.6) is 0 Å². The molecule has 0 saturated heterocycles. The van der Waals surface area contributed by atoms with Gasteiger partial charge in [-0.2, -0.15) is 0 Å². The van der Waals surface area contributed by atoms with Gasteiger partial charge in [0.05, 0.1) is 24.7 Å². The van der Waals surface area contributed by atoms with Crippen molar-refractivity contribution in [3.8, 4) is 0 Å². The molecule has 3 nitrogen and oxygen atoms in total. The van der Waals surface area contributed by atoms with E-state index in [0.717, 1.165) is 13.0 Å². The van der Waals surface area contributed by atoms with Crippen LogP contribution in [0.1, 0.15) is 33.6 Å². The van der Waals surface area contributed by atoms with Gasteiger partial charge in [0.15, 0.2) is 0 Å². The number of rotatable bonds is 6. The van der Waals surface area contributed by atoms with Crippen LogP contribution in [0.25, 0.3) is 0 Å². The van der Waals surface area contributed by atoms with E-state index in [1.807, 2.05) is 13.8 Å². The van der Waals surface area contributed by atoms with E-state index in [2.05, 4.69) is 6.92 Å². The van der Waals surface area contributed by atoms with Gasteiger partial charge in [-0.05, 0) is 6.42 Å². The van der Waals surface area contributed by atoms with Crippen LogP contribution in [0, 0.1) is 5.41 Å². The largest absolute Gasteiger partial charge is 0.379 e. The summed E-state index contributed by atoms with van der Waals surface area (Å²) in [5, 5.41) is 0. The number of ether oxygens (including phenoxy) is 2. The predicted molar refractivity (Wildman–Crippen MR) is 54.3 cm³/mol. The molecule has 1 saturated carbocycles. The fourth-order valence-electron chi connectivity index (χ4n) is 1.50. The molecule has 1 rings (SSSR count). The molecular weight excluding hydrogens is 180 g/mol. The highest BCUT2D eigenvalue weighted by atomic mass is 16.5. The van der Waals surface area contributed by atoms with E-state index in [0.29, 0.717) is 25.4 Å². The molecule has 0 aromatic rings. The lowest BCUT2D eigenvalue weighted by Crippen LogP contribution is -2.51. The summed E-state index contributed by atoms with van der Waals surface area (Å²) >= 11 is 0. The van der Waals surface area contributed by atoms with Gasteiger partial charge in [0.2, 0.25) is 0 Å². The highest BCUT2D eigenvalue weighted by Gasteiger charge is 2.47. The molecule has 3 heteroatoms. The lowest BCUT2D eigenvalue weighted by Gasteiger charge is -2.41. The maximum absolute atomic E-state index is 11.2. The van der Waals surface area contributed by atoms with Crippen LogP contribution < -0.4 is 0 Å². The third-order valence-corrected chi connectivity index (χ3v) is 2.79. The average Bonchev–Trinajstić information content (AvgIpc) is 2.16. The van der Waals surface area contributed by atoms with Gasteiger partial charge in [-0.15, -0.1) is 0 Å². The van der Waals surface area contributed by atoms with Crippen LogP contribution in [0.4, 0.5) is 0 Å². The Morgan fingerprint density at radius 1 is 1.36 bits per heavy atom. The van der Waals surface area contributed by atoms with Crippen LogP contribution in [0.3, 0.4) is 0 Å². The Hall–Kier alpha value is -0.410. The van der Waals surface area contributed by atoms with E-state index in [-0.39, 0.29) is 11.5 Å². The van der Waals surface area contributed by atoms with E-state index >= 15 is 0 Å². The number of hydrogen-bond acceptors (Lipinski definition) is 3. The van der Waals surface area contributed by atoms with Gasteiger partial charge in [-0.1, -0.05) is 20.8 Å². The molecule has 1 aliphatic rings. The molecule has 0 amide bonds. The van der Waals surface area contributed by atoms with Gasteiger partial charge in [0.25, 0.3) is 0 Å². The minimum atomic E-state index is -0.273. The first-order valence-electron chi connectivity index (χ1n) is 5.31. The van der Waals surface area contributed by atoms with Crippen molar-refractivity contribution in [2.24, 2.45) is 5.41 Å². The molecule has 82 valence electrons. The molecule has 0 radical (unpaired) electrons. The molecule has 0 aliphatic heterocycles. The van der Waals surface area contributed by atoms with Gasteiger partial charge in [0.1, 0.15) is 5.78 Å². The second-order valence-corrected chi connectivity index (χ2v) is 4.32. The number of ketones is 1. The molecular formula is C11H20O3. The molecule has 0 N–H and O–H groups in total. The number of Topliss-reactive ketones (excluding diaryl/α,β-unsaturated/α-hetero) is 1. The molecule has 0 spiro atoms. The summed E-state index contributed by atoms with van der Waals surface area (Å²) in [6.45, 7) is 7.98. The lowest BCUT2D eigenvalue weighted by molar-refractivity contribution is -0.160. The van der Waals surface area contributed by atoms with Crippen LogP contribution in [-0.4, -0.2) is 31.7 Å². The van der Waals surface area contributed by atoms with Crippen molar-refractivity contribution in [3.05, 3.63) is 0 Å². The molecule has 0 heterocycles. The van der Waals surface area contributed by atoms with Gasteiger partial charge >= 0.3 is 0 Å². The Bertz CT molecular complexity index is 199. The van der Waals surface area contributed by atoms with Crippen molar-refractivity contribution in [3.63, 3.8) is 0 Å². The molecule has 0 aromatic heterocycles. The van der Waals surface area contributed by atoms with Crippen molar-refractivity contribution in [2.45, 2.75) is 39.7 Å². The van der Waals surface area contributed by atoms with Crippen LogP contribution in [0.15, 0.2) is 0 Å². The van der Waals surface area contributed by atoms with E-state index in [1.165, 1.54) is 0 Å². The molecule has 1 atom stereocenters. The van der Waals surface area contributed by atoms with E-state index in [4.69, 9.17) is 9.47 Å². The highest BCUT2D eigenvalue weighted by Crippen LogP contribution is 2.38. The van der Waals surface area contributed by atoms with Gasteiger partial charge in [-0.25, -0.2) is 0 Å². The maximum Gasteiger partial charge on any atom is 0.143 e. The second-order valence-electron chi connectivity index (χ2n) is 4.32. The number of hydrogen-bond donors (Lipinski definition) is 0. The Labute approximate surface area is 85.8 Å². The van der Waals surface area contributed by atoms with E-state index in [9.17, 15) is 4.79 Å². The summed E-state index contributed by atoms with van der Waals surface area (Å²) in [6.07, 6.45) is 1.70. The van der Waals surface area contributed by atoms with E-state index < -0.39 is 0 Å². The van der Waals surface area contributed by atoms with Crippen molar-refractivity contribution < 1.29 is 14.3 Å². The quantitative estimate of drug-likeness (QED) is 0.613. The normalized spacial score (nSPS) is 24.8. The molecule has 1 unspecified atom stereocenters. The highest BCUT2D eigenvalue weighted by molar-refractivity contribution is 5.91. The fourth-order valence-corrected chi connectivity index (χ4v) is 1.50. The topological polar surface area (TPSA) is 35.5 Å². The first-order valence-corrected chi connectivity index (χ1v) is 5.31. The summed E-state index contributed by atoms with van der Waals surface area (Å²) in [4.78, 5) is 11.2. The van der Waals surface area contributed by atoms with Gasteiger partial charge < -0.3 is 9.47 Å². The summed E-state index contributed by atoms with van der Waals surface area (Å²) < 4.78 is 10.9. The van der Waals surface area contributed by atoms with E-state index in [1.54, 1.807) is 0 Å². The first-order chi connectivity index (χ1) is 6.59. The summed E-state index contributed by atoms with van der Waals surface area (Å²) in [5.41, 5.74) is -0.273. The zero-order valence-electron chi connectivity index (χ0n) is 9.34. The summed E-state index contributed by atoms with van der Waals surface area (Å²) in [5.74, 6) is 0.303. The zero-order valence-corrected chi connectivity index (χ0v) is 9.34. The lowest BCUT2D eigenvalue weighted by atomic mass is 9.68. The third-order valence-electron chi connectivity index (χ3n) is 2.79. The van der Waals surface area contributed by atoms with Crippen molar-refractivity contribution >= 4 is 5.78 Å². The molecule has 1 fully saturated rings. The van der Waals surface area contributed by atoms with Crippen molar-refractivity contribution in [1.82, 2.24) is 0 Å². The molecule has 1 aliphatic carbocycles. The zero-order chi connectivity index (χ0) is 10.6. The van der Waals surface area contributed by atoms with Gasteiger partial charge in [0, 0.05) is 13.0 Å². The summed E-state index contributed by atoms with van der Waals surface area (Å²) in [6, 6.07) is 0. The summed E-state index contributed by atoms with van der Waals surface area (Å²) in [7, 11) is 0. The number of carbonyl (C=O) groups is 1. The average molecular weight is 200 g/mol. The third kappa shape index (κ3) is 2.55. The molecule has 14 heavy (non-hydrogen) atoms. The van der Waals surface area contributed by atoms with Gasteiger partial charge in [-0.3, -0.25) is 4.79 Å². The minimum Gasteiger partial charge on any atom is -0.379 e. The van der Waals surface area contributed by atoms with Crippen LogP contribution in [0.2, 0.25) is 0 Å². The molecule has 0 bridgehead atoms. The van der Waals surface area contributed by atoms with Crippen LogP contribution in [-0.2, 0) is 14.3 Å². The Morgan fingerprint density at radius 3 is 2.57 bits per heavy atom. The standard InChI is InChI=1S/C11H20O3/c1-4-5-13-6-7-14-10-8-9(12)11(10,2)3/h10H,4-8H2,1-3H3. The van der Waals surface area contributed by atoms with Crippen molar-refractivity contribution in [1.29, 1.82) is 0 Å². The predicted octanol–water partition coefficient (Wildman–Crippen LogP) is 1.80. The smallest absolute Gasteiger partial charge is 0.143 e. The SMILES string of the molecule is CCCOCCOC1CC(=O)C1(C)C. The van der Waals surface area contributed by atoms with Crippen molar-refractivity contribution in [2.75, 3.05) is 19.8 Å². The Morgan fingerprint density at radius 2 is 2.07 bits per heavy atom. The first kappa shape index (κ1) is 11.7.